The van der Waals surface area contributed by atoms with Crippen molar-refractivity contribution in [2.24, 2.45) is 0 Å². The highest BCUT2D eigenvalue weighted by molar-refractivity contribution is 5.49. The Balaban J connectivity index is 2.14. The molecule has 2 atom stereocenters. The van der Waals surface area contributed by atoms with Crippen LogP contribution < -0.4 is 4.90 Å². The molecule has 2 rings (SSSR count). The Labute approximate surface area is 110 Å². The normalized spacial score (nSPS) is 25.4. The molecule has 0 saturated carbocycles. The summed E-state index contributed by atoms with van der Waals surface area (Å²) in [6, 6.07) is 9.65. The van der Waals surface area contributed by atoms with Crippen molar-refractivity contribution in [2.75, 3.05) is 31.6 Å². The summed E-state index contributed by atoms with van der Waals surface area (Å²) in [5.74, 6) is 0. The average molecular weight is 248 g/mol. The van der Waals surface area contributed by atoms with E-state index < -0.39 is 0 Å². The monoisotopic (exact) mass is 248 g/mol. The third-order valence-electron chi connectivity index (χ3n) is 4.02. The fourth-order valence-corrected chi connectivity index (χ4v) is 2.74. The number of rotatable bonds is 3. The zero-order valence-corrected chi connectivity index (χ0v) is 11.6. The van der Waals surface area contributed by atoms with Crippen molar-refractivity contribution >= 4 is 5.69 Å². The molecular formula is C15H24N2O. The van der Waals surface area contributed by atoms with Crippen LogP contribution in [0.25, 0.3) is 0 Å². The van der Waals surface area contributed by atoms with E-state index in [0.29, 0.717) is 12.1 Å². The summed E-state index contributed by atoms with van der Waals surface area (Å²) >= 11 is 0. The van der Waals surface area contributed by atoms with Crippen molar-refractivity contribution in [2.45, 2.75) is 32.4 Å². The molecular weight excluding hydrogens is 224 g/mol. The Bertz CT molecular complexity index is 394. The minimum Gasteiger partial charge on any atom is -0.396 e. The Morgan fingerprint density at radius 1 is 1.33 bits per heavy atom. The largest absolute Gasteiger partial charge is 0.396 e. The van der Waals surface area contributed by atoms with Gasteiger partial charge in [0.1, 0.15) is 0 Å². The second-order valence-corrected chi connectivity index (χ2v) is 5.42. The van der Waals surface area contributed by atoms with Gasteiger partial charge < -0.3 is 10.0 Å². The molecule has 2 unspecified atom stereocenters. The number of aliphatic hydroxyl groups excluding tert-OH is 1. The maximum Gasteiger partial charge on any atom is 0.0446 e. The van der Waals surface area contributed by atoms with E-state index in [0.717, 1.165) is 19.5 Å². The van der Waals surface area contributed by atoms with Crippen molar-refractivity contribution in [3.05, 3.63) is 29.8 Å². The number of aliphatic hydroxyl groups is 1. The summed E-state index contributed by atoms with van der Waals surface area (Å²) in [5.41, 5.74) is 2.61. The van der Waals surface area contributed by atoms with E-state index >= 15 is 0 Å². The number of likely N-dealkylation sites (N-methyl/N-ethyl adjacent to an activating group) is 1. The molecule has 1 N–H and O–H groups in total. The predicted octanol–water partition coefficient (Wildman–Crippen LogP) is 1.89. The lowest BCUT2D eigenvalue weighted by Crippen LogP contribution is -2.56. The minimum atomic E-state index is 0.267. The first-order valence-electron chi connectivity index (χ1n) is 6.76. The van der Waals surface area contributed by atoms with Gasteiger partial charge in [-0.15, -0.1) is 0 Å². The molecule has 1 saturated heterocycles. The highest BCUT2D eigenvalue weighted by atomic mass is 16.3. The van der Waals surface area contributed by atoms with Gasteiger partial charge in [0.15, 0.2) is 0 Å². The van der Waals surface area contributed by atoms with Crippen LogP contribution in [0.5, 0.6) is 0 Å². The second kappa shape index (κ2) is 5.72. The van der Waals surface area contributed by atoms with E-state index in [1.54, 1.807) is 0 Å². The third-order valence-corrected chi connectivity index (χ3v) is 4.02. The molecule has 0 radical (unpaired) electrons. The lowest BCUT2D eigenvalue weighted by molar-refractivity contribution is 0.128. The molecule has 0 aromatic heterocycles. The fourth-order valence-electron chi connectivity index (χ4n) is 2.74. The third kappa shape index (κ3) is 2.85. The van der Waals surface area contributed by atoms with Crippen LogP contribution in [0.3, 0.4) is 0 Å². The summed E-state index contributed by atoms with van der Waals surface area (Å²) in [7, 11) is 2.17. The number of hydrogen-bond donors (Lipinski definition) is 1. The molecule has 1 aliphatic heterocycles. The lowest BCUT2D eigenvalue weighted by Gasteiger charge is -2.45. The van der Waals surface area contributed by atoms with Gasteiger partial charge in [-0.3, -0.25) is 4.90 Å². The predicted molar refractivity (Wildman–Crippen MR) is 76.1 cm³/mol. The highest BCUT2D eigenvalue weighted by Gasteiger charge is 2.28. The molecule has 1 aromatic rings. The number of aryl methyl sites for hydroxylation is 1. The van der Waals surface area contributed by atoms with Gasteiger partial charge in [-0.05, 0) is 45.0 Å². The minimum absolute atomic E-state index is 0.267. The maximum atomic E-state index is 9.18. The standard InChI is InChI=1S/C15H24N2O/c1-12-5-4-6-14(9-12)17-10-13(2)16(3)15(11-17)7-8-18/h4-6,9,13,15,18H,7-8,10-11H2,1-3H3. The Kier molecular flexibility index (Phi) is 4.25. The first-order valence-corrected chi connectivity index (χ1v) is 6.76. The molecule has 0 amide bonds. The first-order chi connectivity index (χ1) is 8.61. The van der Waals surface area contributed by atoms with E-state index in [9.17, 15) is 5.11 Å². The van der Waals surface area contributed by atoms with Crippen LogP contribution >= 0.6 is 0 Å². The van der Waals surface area contributed by atoms with Gasteiger partial charge in [-0.25, -0.2) is 0 Å². The van der Waals surface area contributed by atoms with E-state index in [-0.39, 0.29) is 6.61 Å². The van der Waals surface area contributed by atoms with Crippen LogP contribution in [0, 0.1) is 6.92 Å². The van der Waals surface area contributed by atoms with E-state index in [1.807, 2.05) is 0 Å². The molecule has 0 spiro atoms. The highest BCUT2D eigenvalue weighted by Crippen LogP contribution is 2.23. The van der Waals surface area contributed by atoms with Crippen molar-refractivity contribution in [1.29, 1.82) is 0 Å². The fraction of sp³-hybridized carbons (Fsp3) is 0.600. The summed E-state index contributed by atoms with van der Waals surface area (Å²) in [4.78, 5) is 4.83. The number of anilines is 1. The summed E-state index contributed by atoms with van der Waals surface area (Å²) in [6.45, 7) is 6.72. The molecule has 18 heavy (non-hydrogen) atoms. The molecule has 100 valence electrons. The zero-order chi connectivity index (χ0) is 13.1. The van der Waals surface area contributed by atoms with Crippen LogP contribution in [-0.2, 0) is 0 Å². The zero-order valence-electron chi connectivity index (χ0n) is 11.6. The maximum absolute atomic E-state index is 9.18. The van der Waals surface area contributed by atoms with Gasteiger partial charge in [-0.1, -0.05) is 12.1 Å². The SMILES string of the molecule is Cc1cccc(N2CC(C)N(C)C(CCO)C2)c1. The van der Waals surface area contributed by atoms with Crippen LogP contribution in [0.1, 0.15) is 18.9 Å². The van der Waals surface area contributed by atoms with Crippen molar-refractivity contribution in [3.63, 3.8) is 0 Å². The van der Waals surface area contributed by atoms with Crippen LogP contribution in [0.2, 0.25) is 0 Å². The Morgan fingerprint density at radius 3 is 2.78 bits per heavy atom. The van der Waals surface area contributed by atoms with E-state index in [1.165, 1.54) is 11.3 Å². The molecule has 0 aliphatic carbocycles. The van der Waals surface area contributed by atoms with Crippen LogP contribution in [0.15, 0.2) is 24.3 Å². The number of hydrogen-bond acceptors (Lipinski definition) is 3. The Morgan fingerprint density at radius 2 is 2.11 bits per heavy atom. The van der Waals surface area contributed by atoms with E-state index in [4.69, 9.17) is 0 Å². The van der Waals surface area contributed by atoms with Crippen LogP contribution in [0.4, 0.5) is 5.69 Å². The van der Waals surface area contributed by atoms with Gasteiger partial charge in [0.25, 0.3) is 0 Å². The smallest absolute Gasteiger partial charge is 0.0446 e. The number of piperazine rings is 1. The van der Waals surface area contributed by atoms with Crippen molar-refractivity contribution < 1.29 is 5.11 Å². The topological polar surface area (TPSA) is 26.7 Å². The molecule has 1 heterocycles. The quantitative estimate of drug-likeness (QED) is 0.885. The molecule has 1 aliphatic rings. The molecule has 0 bridgehead atoms. The second-order valence-electron chi connectivity index (χ2n) is 5.42. The molecule has 3 heteroatoms. The number of benzene rings is 1. The van der Waals surface area contributed by atoms with Crippen molar-refractivity contribution in [3.8, 4) is 0 Å². The van der Waals surface area contributed by atoms with Gasteiger partial charge in [-0.2, -0.15) is 0 Å². The van der Waals surface area contributed by atoms with Crippen LogP contribution in [-0.4, -0.2) is 48.8 Å². The average Bonchev–Trinajstić information content (AvgIpc) is 2.35. The molecule has 3 nitrogen and oxygen atoms in total. The van der Waals surface area contributed by atoms with Gasteiger partial charge in [0.05, 0.1) is 0 Å². The van der Waals surface area contributed by atoms with Gasteiger partial charge in [0, 0.05) is 37.5 Å². The van der Waals surface area contributed by atoms with Gasteiger partial charge >= 0.3 is 0 Å². The van der Waals surface area contributed by atoms with Crippen molar-refractivity contribution in [1.82, 2.24) is 4.90 Å². The van der Waals surface area contributed by atoms with E-state index in [2.05, 4.69) is 55.0 Å². The molecule has 1 fully saturated rings. The first kappa shape index (κ1) is 13.4. The summed E-state index contributed by atoms with van der Waals surface area (Å²) < 4.78 is 0. The summed E-state index contributed by atoms with van der Waals surface area (Å²) in [6.07, 6.45) is 0.850. The van der Waals surface area contributed by atoms with Gasteiger partial charge in [0.2, 0.25) is 0 Å². The Hall–Kier alpha value is -1.06. The molecule has 1 aromatic carbocycles. The lowest BCUT2D eigenvalue weighted by atomic mass is 10.0. The number of nitrogens with zero attached hydrogens (tertiary/aromatic N) is 2. The summed E-state index contributed by atoms with van der Waals surface area (Å²) in [5, 5.41) is 9.18.